The molecule has 1 atom stereocenters. The van der Waals surface area contributed by atoms with Gasteiger partial charge in [-0.05, 0) is 60.7 Å². The van der Waals surface area contributed by atoms with E-state index in [1.165, 1.54) is 12.1 Å². The molecule has 218 valence electrons. The molecular formula is C29H28F3NO7S. The van der Waals surface area contributed by atoms with E-state index in [1.54, 1.807) is 20.8 Å². The first-order valence-electron chi connectivity index (χ1n) is 12.6. The number of ether oxygens (including phenoxy) is 2. The van der Waals surface area contributed by atoms with Crippen LogP contribution in [0.3, 0.4) is 0 Å². The molecule has 0 saturated carbocycles. The van der Waals surface area contributed by atoms with Gasteiger partial charge in [-0.1, -0.05) is 60.7 Å². The lowest BCUT2D eigenvalue weighted by molar-refractivity contribution is -0.157. The molecule has 0 saturated heterocycles. The molecule has 0 fully saturated rings. The third-order valence-corrected chi connectivity index (χ3v) is 7.16. The van der Waals surface area contributed by atoms with Gasteiger partial charge in [0.15, 0.2) is 0 Å². The number of benzene rings is 3. The maximum absolute atomic E-state index is 12.9. The molecule has 0 spiro atoms. The summed E-state index contributed by atoms with van der Waals surface area (Å²) in [6, 6.07) is 19.0. The quantitative estimate of drug-likeness (QED) is 0.203. The second-order valence-corrected chi connectivity index (χ2v) is 11.9. The fraction of sp³-hybridized carbons (Fsp3) is 0.310. The Balaban J connectivity index is 1.46. The van der Waals surface area contributed by atoms with Crippen LogP contribution in [0.25, 0.3) is 11.1 Å². The molecule has 1 unspecified atom stereocenters. The molecule has 0 aromatic heterocycles. The van der Waals surface area contributed by atoms with E-state index in [-0.39, 0.29) is 18.9 Å². The third-order valence-electron chi connectivity index (χ3n) is 6.18. The number of hydrogen-bond acceptors (Lipinski definition) is 7. The third kappa shape index (κ3) is 7.18. The molecule has 41 heavy (non-hydrogen) atoms. The Labute approximate surface area is 235 Å². The van der Waals surface area contributed by atoms with Crippen LogP contribution in [0.15, 0.2) is 72.8 Å². The molecule has 8 nitrogen and oxygen atoms in total. The molecular weight excluding hydrogens is 563 g/mol. The van der Waals surface area contributed by atoms with E-state index in [0.717, 1.165) is 34.4 Å². The van der Waals surface area contributed by atoms with Crippen LogP contribution in [-0.2, 0) is 30.8 Å². The van der Waals surface area contributed by atoms with Crippen LogP contribution in [0, 0.1) is 0 Å². The Morgan fingerprint density at radius 2 is 1.41 bits per heavy atom. The first-order chi connectivity index (χ1) is 19.1. The van der Waals surface area contributed by atoms with E-state index in [2.05, 4.69) is 9.50 Å². The molecule has 4 rings (SSSR count). The van der Waals surface area contributed by atoms with Crippen LogP contribution >= 0.6 is 0 Å². The van der Waals surface area contributed by atoms with Crippen molar-refractivity contribution >= 4 is 22.2 Å². The van der Waals surface area contributed by atoms with Crippen LogP contribution in [-0.4, -0.2) is 44.2 Å². The van der Waals surface area contributed by atoms with E-state index in [9.17, 15) is 31.2 Å². The Kier molecular flexibility index (Phi) is 8.34. The van der Waals surface area contributed by atoms with Crippen molar-refractivity contribution in [3.8, 4) is 16.9 Å². The molecule has 1 N–H and O–H groups in total. The van der Waals surface area contributed by atoms with E-state index in [1.807, 2.05) is 48.5 Å². The van der Waals surface area contributed by atoms with E-state index in [4.69, 9.17) is 9.47 Å². The molecule has 0 radical (unpaired) electrons. The van der Waals surface area contributed by atoms with Crippen LogP contribution in [0.4, 0.5) is 18.0 Å². The van der Waals surface area contributed by atoms with Gasteiger partial charge in [0.2, 0.25) is 0 Å². The second-order valence-electron chi connectivity index (χ2n) is 10.4. The molecule has 1 amide bonds. The summed E-state index contributed by atoms with van der Waals surface area (Å²) < 4.78 is 75.4. The molecule has 1 aliphatic carbocycles. The number of hydrogen-bond donors (Lipinski definition) is 1. The Hall–Kier alpha value is -4.06. The average Bonchev–Trinajstić information content (AvgIpc) is 3.20. The SMILES string of the molecule is CC(C)(C)OC(=O)C(Cc1ccc(OS(=O)(=O)C(F)(F)F)cc1)NC(=O)OCC1c2ccccc2-c2ccccc21. The van der Waals surface area contributed by atoms with Gasteiger partial charge in [-0.2, -0.15) is 21.6 Å². The summed E-state index contributed by atoms with van der Waals surface area (Å²) in [6.45, 7) is 4.98. The Bertz CT molecular complexity index is 1490. The van der Waals surface area contributed by atoms with Gasteiger partial charge in [0.1, 0.15) is 24.0 Å². The fourth-order valence-electron chi connectivity index (χ4n) is 4.44. The smallest absolute Gasteiger partial charge is 0.458 e. The van der Waals surface area contributed by atoms with Gasteiger partial charge in [0.05, 0.1) is 0 Å². The first-order valence-corrected chi connectivity index (χ1v) is 14.0. The zero-order valence-electron chi connectivity index (χ0n) is 22.4. The second kappa shape index (κ2) is 11.4. The number of amides is 1. The Morgan fingerprint density at radius 1 is 0.878 bits per heavy atom. The lowest BCUT2D eigenvalue weighted by atomic mass is 9.98. The van der Waals surface area contributed by atoms with Crippen molar-refractivity contribution in [3.05, 3.63) is 89.5 Å². The maximum atomic E-state index is 12.9. The van der Waals surface area contributed by atoms with Crippen molar-refractivity contribution in [2.75, 3.05) is 6.61 Å². The highest BCUT2D eigenvalue weighted by Gasteiger charge is 2.48. The normalized spacial score (nSPS) is 14.0. The molecule has 3 aromatic carbocycles. The number of nitrogens with one attached hydrogen (secondary N) is 1. The van der Waals surface area contributed by atoms with Gasteiger partial charge >= 0.3 is 27.7 Å². The standard InChI is InChI=1S/C29H28F3NO7S/c1-28(2,3)39-26(34)25(16-18-12-14-19(15-13-18)40-41(36,37)29(30,31)32)33-27(35)38-17-24-22-10-6-4-8-20(22)21-9-5-7-11-23(21)24/h4-15,24-25H,16-17H2,1-3H3,(H,33,35). The number of rotatable bonds is 8. The largest absolute Gasteiger partial charge is 0.534 e. The topological polar surface area (TPSA) is 108 Å². The summed E-state index contributed by atoms with van der Waals surface area (Å²) >= 11 is 0. The van der Waals surface area contributed by atoms with Crippen LogP contribution in [0.2, 0.25) is 0 Å². The Morgan fingerprint density at radius 3 is 1.93 bits per heavy atom. The van der Waals surface area contributed by atoms with Crippen molar-refractivity contribution in [3.63, 3.8) is 0 Å². The maximum Gasteiger partial charge on any atom is 0.534 e. The number of esters is 1. The molecule has 0 aliphatic heterocycles. The molecule has 1 aliphatic rings. The van der Waals surface area contributed by atoms with Crippen LogP contribution in [0.5, 0.6) is 5.75 Å². The van der Waals surface area contributed by atoms with Gasteiger partial charge in [0, 0.05) is 12.3 Å². The number of alkyl carbamates (subject to hydrolysis) is 1. The number of fused-ring (bicyclic) bond motifs is 3. The molecule has 0 heterocycles. The summed E-state index contributed by atoms with van der Waals surface area (Å²) in [5.74, 6) is -1.52. The van der Waals surface area contributed by atoms with E-state index < -0.39 is 45.1 Å². The number of halogens is 3. The minimum atomic E-state index is -5.83. The highest BCUT2D eigenvalue weighted by molar-refractivity contribution is 7.88. The first kappa shape index (κ1) is 29.9. The highest BCUT2D eigenvalue weighted by Crippen LogP contribution is 2.44. The predicted octanol–water partition coefficient (Wildman–Crippen LogP) is 5.71. The summed E-state index contributed by atoms with van der Waals surface area (Å²) in [4.78, 5) is 25.8. The summed E-state index contributed by atoms with van der Waals surface area (Å²) in [5.41, 5.74) is -1.93. The monoisotopic (exact) mass is 591 g/mol. The lowest BCUT2D eigenvalue weighted by Crippen LogP contribution is -2.46. The van der Waals surface area contributed by atoms with Crippen molar-refractivity contribution in [1.29, 1.82) is 0 Å². The fourth-order valence-corrected chi connectivity index (χ4v) is 4.90. The average molecular weight is 592 g/mol. The van der Waals surface area contributed by atoms with Gasteiger partial charge < -0.3 is 19.0 Å². The van der Waals surface area contributed by atoms with Crippen molar-refractivity contribution in [1.82, 2.24) is 5.32 Å². The van der Waals surface area contributed by atoms with Crippen molar-refractivity contribution in [2.24, 2.45) is 0 Å². The summed E-state index contributed by atoms with van der Waals surface area (Å²) in [6.07, 6.45) is -0.982. The van der Waals surface area contributed by atoms with Crippen LogP contribution < -0.4 is 9.50 Å². The van der Waals surface area contributed by atoms with Gasteiger partial charge in [-0.15, -0.1) is 0 Å². The van der Waals surface area contributed by atoms with E-state index in [0.29, 0.717) is 5.56 Å². The van der Waals surface area contributed by atoms with Gasteiger partial charge in [-0.3, -0.25) is 0 Å². The van der Waals surface area contributed by atoms with Crippen molar-refractivity contribution in [2.45, 2.75) is 50.3 Å². The molecule has 0 bridgehead atoms. The molecule has 12 heteroatoms. The van der Waals surface area contributed by atoms with Crippen LogP contribution in [0.1, 0.15) is 43.4 Å². The predicted molar refractivity (Wildman–Crippen MR) is 144 cm³/mol. The number of alkyl halides is 3. The minimum absolute atomic E-state index is 0.0145. The van der Waals surface area contributed by atoms with Gasteiger partial charge in [0.25, 0.3) is 0 Å². The zero-order chi connectivity index (χ0) is 30.0. The zero-order valence-corrected chi connectivity index (χ0v) is 23.2. The summed E-state index contributed by atoms with van der Waals surface area (Å²) in [5, 5.41) is 2.52. The van der Waals surface area contributed by atoms with Crippen molar-refractivity contribution < 1.29 is 44.8 Å². The number of carbonyl (C=O) groups excluding carboxylic acids is 2. The molecule has 3 aromatic rings. The lowest BCUT2D eigenvalue weighted by Gasteiger charge is -2.25. The van der Waals surface area contributed by atoms with Gasteiger partial charge in [-0.25, -0.2) is 9.59 Å². The van der Waals surface area contributed by atoms with E-state index >= 15 is 0 Å². The highest BCUT2D eigenvalue weighted by atomic mass is 32.2. The number of carbonyl (C=O) groups is 2. The minimum Gasteiger partial charge on any atom is -0.458 e. The summed E-state index contributed by atoms with van der Waals surface area (Å²) in [7, 11) is -5.83.